The predicted octanol–water partition coefficient (Wildman–Crippen LogP) is 3.32. The first-order valence-electron chi connectivity index (χ1n) is 7.98. The summed E-state index contributed by atoms with van der Waals surface area (Å²) in [7, 11) is 0. The number of pyridine rings is 1. The lowest BCUT2D eigenvalue weighted by molar-refractivity contribution is 0.0697. The van der Waals surface area contributed by atoms with E-state index in [1.165, 1.54) is 11.8 Å². The average molecular weight is 346 g/mol. The SMILES string of the molecule is CC(c1ccc(Cl)cc1)N1CCN(c2ccncc2C(=O)O)CC1. The lowest BCUT2D eigenvalue weighted by Crippen LogP contribution is -2.47. The van der Waals surface area contributed by atoms with Crippen molar-refractivity contribution in [1.82, 2.24) is 9.88 Å². The van der Waals surface area contributed by atoms with Crippen molar-refractivity contribution in [2.75, 3.05) is 31.1 Å². The summed E-state index contributed by atoms with van der Waals surface area (Å²) in [4.78, 5) is 19.8. The van der Waals surface area contributed by atoms with E-state index in [0.29, 0.717) is 6.04 Å². The van der Waals surface area contributed by atoms with Crippen molar-refractivity contribution < 1.29 is 9.90 Å². The molecule has 1 aliphatic rings. The minimum Gasteiger partial charge on any atom is -0.478 e. The zero-order chi connectivity index (χ0) is 17.1. The van der Waals surface area contributed by atoms with Gasteiger partial charge in [-0.3, -0.25) is 9.88 Å². The van der Waals surface area contributed by atoms with Crippen molar-refractivity contribution in [2.45, 2.75) is 13.0 Å². The van der Waals surface area contributed by atoms with Gasteiger partial charge in [-0.05, 0) is 30.7 Å². The van der Waals surface area contributed by atoms with Crippen LogP contribution in [-0.2, 0) is 0 Å². The minimum atomic E-state index is -0.935. The Morgan fingerprint density at radius 2 is 1.83 bits per heavy atom. The number of aromatic carboxylic acids is 1. The Morgan fingerprint density at radius 3 is 2.46 bits per heavy atom. The summed E-state index contributed by atoms with van der Waals surface area (Å²) in [5, 5.41) is 10.1. The molecule has 1 aliphatic heterocycles. The van der Waals surface area contributed by atoms with Crippen LogP contribution in [0.1, 0.15) is 28.9 Å². The van der Waals surface area contributed by atoms with Crippen LogP contribution in [0.25, 0.3) is 0 Å². The molecule has 5 nitrogen and oxygen atoms in total. The number of anilines is 1. The number of halogens is 1. The number of benzene rings is 1. The van der Waals surface area contributed by atoms with Crippen molar-refractivity contribution in [3.05, 3.63) is 58.9 Å². The highest BCUT2D eigenvalue weighted by molar-refractivity contribution is 6.30. The summed E-state index contributed by atoms with van der Waals surface area (Å²) in [6, 6.07) is 10.0. The van der Waals surface area contributed by atoms with Gasteiger partial charge in [-0.2, -0.15) is 0 Å². The van der Waals surface area contributed by atoms with Gasteiger partial charge in [0.1, 0.15) is 5.56 Å². The highest BCUT2D eigenvalue weighted by Crippen LogP contribution is 2.26. The quantitative estimate of drug-likeness (QED) is 0.921. The van der Waals surface area contributed by atoms with Gasteiger partial charge in [0.25, 0.3) is 0 Å². The molecular formula is C18H20ClN3O2. The summed E-state index contributed by atoms with van der Waals surface area (Å²) < 4.78 is 0. The second-order valence-corrected chi connectivity index (χ2v) is 6.38. The standard InChI is InChI=1S/C18H20ClN3O2/c1-13(14-2-4-15(19)5-3-14)21-8-10-22(11-9-21)17-6-7-20-12-16(17)18(23)24/h2-7,12-13H,8-11H2,1H3,(H,23,24). The van der Waals surface area contributed by atoms with Crippen LogP contribution in [0.3, 0.4) is 0 Å². The second kappa shape index (κ2) is 7.20. The molecule has 1 fully saturated rings. The van der Waals surface area contributed by atoms with Crippen molar-refractivity contribution in [3.63, 3.8) is 0 Å². The molecule has 0 spiro atoms. The number of carboxylic acid groups (broad SMARTS) is 1. The van der Waals surface area contributed by atoms with Crippen LogP contribution >= 0.6 is 11.6 Å². The molecule has 1 saturated heterocycles. The van der Waals surface area contributed by atoms with E-state index < -0.39 is 5.97 Å². The molecule has 2 aromatic rings. The number of carboxylic acids is 1. The maximum atomic E-state index is 11.4. The van der Waals surface area contributed by atoms with Crippen LogP contribution in [0.5, 0.6) is 0 Å². The van der Waals surface area contributed by atoms with E-state index in [9.17, 15) is 9.90 Å². The molecule has 1 aromatic heterocycles. The maximum Gasteiger partial charge on any atom is 0.339 e. The molecule has 0 aliphatic carbocycles. The summed E-state index contributed by atoms with van der Waals surface area (Å²) in [5.74, 6) is -0.935. The molecule has 0 radical (unpaired) electrons. The van der Waals surface area contributed by atoms with Crippen LogP contribution in [0.4, 0.5) is 5.69 Å². The first-order valence-corrected chi connectivity index (χ1v) is 8.36. The largest absolute Gasteiger partial charge is 0.478 e. The van der Waals surface area contributed by atoms with Crippen molar-refractivity contribution in [2.24, 2.45) is 0 Å². The fourth-order valence-corrected chi connectivity index (χ4v) is 3.26. The van der Waals surface area contributed by atoms with E-state index in [0.717, 1.165) is 36.9 Å². The first-order chi connectivity index (χ1) is 11.6. The van der Waals surface area contributed by atoms with Gasteiger partial charge in [0, 0.05) is 49.6 Å². The van der Waals surface area contributed by atoms with Crippen LogP contribution in [-0.4, -0.2) is 47.1 Å². The number of aromatic nitrogens is 1. The van der Waals surface area contributed by atoms with E-state index >= 15 is 0 Å². The van der Waals surface area contributed by atoms with E-state index in [2.05, 4.69) is 33.8 Å². The van der Waals surface area contributed by atoms with Gasteiger partial charge in [0.05, 0.1) is 5.69 Å². The number of piperazine rings is 1. The van der Waals surface area contributed by atoms with Crippen LogP contribution in [0, 0.1) is 0 Å². The Morgan fingerprint density at radius 1 is 1.17 bits per heavy atom. The van der Waals surface area contributed by atoms with E-state index in [4.69, 9.17) is 11.6 Å². The zero-order valence-electron chi connectivity index (χ0n) is 13.5. The topological polar surface area (TPSA) is 56.7 Å². The summed E-state index contributed by atoms with van der Waals surface area (Å²) >= 11 is 5.96. The molecule has 0 bridgehead atoms. The number of hydrogen-bond donors (Lipinski definition) is 1. The fourth-order valence-electron chi connectivity index (χ4n) is 3.13. The third kappa shape index (κ3) is 3.52. The van der Waals surface area contributed by atoms with Gasteiger partial charge in [-0.15, -0.1) is 0 Å². The first kappa shape index (κ1) is 16.7. The number of nitrogens with zero attached hydrogens (tertiary/aromatic N) is 3. The molecule has 1 unspecified atom stereocenters. The molecule has 0 amide bonds. The van der Waals surface area contributed by atoms with Gasteiger partial charge in [0.15, 0.2) is 0 Å². The third-order valence-corrected chi connectivity index (χ3v) is 4.84. The van der Waals surface area contributed by atoms with Crippen molar-refractivity contribution in [3.8, 4) is 0 Å². The summed E-state index contributed by atoms with van der Waals surface area (Å²) in [6.07, 6.45) is 3.06. The van der Waals surface area contributed by atoms with Gasteiger partial charge >= 0.3 is 5.97 Å². The lowest BCUT2D eigenvalue weighted by Gasteiger charge is -2.39. The highest BCUT2D eigenvalue weighted by atomic mass is 35.5. The molecule has 1 atom stereocenters. The number of rotatable bonds is 4. The van der Waals surface area contributed by atoms with Crippen molar-refractivity contribution in [1.29, 1.82) is 0 Å². The summed E-state index contributed by atoms with van der Waals surface area (Å²) in [6.45, 7) is 5.54. The van der Waals surface area contributed by atoms with Crippen molar-refractivity contribution >= 4 is 23.3 Å². The van der Waals surface area contributed by atoms with Gasteiger partial charge in [-0.1, -0.05) is 23.7 Å². The number of hydrogen-bond acceptors (Lipinski definition) is 4. The Hall–Kier alpha value is -2.11. The third-order valence-electron chi connectivity index (χ3n) is 4.58. The fraction of sp³-hybridized carbons (Fsp3) is 0.333. The van der Waals surface area contributed by atoms with Gasteiger partial charge in [0.2, 0.25) is 0 Å². The average Bonchev–Trinajstić information content (AvgIpc) is 2.62. The molecule has 24 heavy (non-hydrogen) atoms. The van der Waals surface area contributed by atoms with Gasteiger partial charge in [-0.25, -0.2) is 4.79 Å². The minimum absolute atomic E-state index is 0.261. The molecule has 3 rings (SSSR count). The maximum absolute atomic E-state index is 11.4. The molecule has 1 N–H and O–H groups in total. The molecule has 126 valence electrons. The lowest BCUT2D eigenvalue weighted by atomic mass is 10.1. The number of carbonyl (C=O) groups is 1. The Labute approximate surface area is 146 Å². The van der Waals surface area contributed by atoms with Crippen LogP contribution in [0.15, 0.2) is 42.7 Å². The Balaban J connectivity index is 1.68. The molecular weight excluding hydrogens is 326 g/mol. The Kier molecular flexibility index (Phi) is 5.02. The van der Waals surface area contributed by atoms with Gasteiger partial charge < -0.3 is 10.0 Å². The molecule has 2 heterocycles. The van der Waals surface area contributed by atoms with Crippen LogP contribution < -0.4 is 4.90 Å². The summed E-state index contributed by atoms with van der Waals surface area (Å²) in [5.41, 5.74) is 2.25. The molecule has 1 aromatic carbocycles. The zero-order valence-corrected chi connectivity index (χ0v) is 14.3. The predicted molar refractivity (Wildman–Crippen MR) is 94.8 cm³/mol. The normalized spacial score (nSPS) is 16.8. The second-order valence-electron chi connectivity index (χ2n) is 5.95. The van der Waals surface area contributed by atoms with Crippen LogP contribution in [0.2, 0.25) is 5.02 Å². The van der Waals surface area contributed by atoms with E-state index in [-0.39, 0.29) is 5.56 Å². The molecule has 0 saturated carbocycles. The highest BCUT2D eigenvalue weighted by Gasteiger charge is 2.24. The van der Waals surface area contributed by atoms with E-state index in [1.54, 1.807) is 12.3 Å². The monoisotopic (exact) mass is 345 g/mol. The Bertz CT molecular complexity index is 712. The smallest absolute Gasteiger partial charge is 0.339 e. The van der Waals surface area contributed by atoms with E-state index in [1.807, 2.05) is 12.1 Å². The molecule has 6 heteroatoms.